The fourth-order valence-corrected chi connectivity index (χ4v) is 2.71. The number of nitrogens with zero attached hydrogens (tertiary/aromatic N) is 1. The van der Waals surface area contributed by atoms with Crippen LogP contribution in [0.1, 0.15) is 18.9 Å². The molecule has 1 fully saturated rings. The average molecular weight is 325 g/mol. The number of likely N-dealkylation sites (tertiary alicyclic amines) is 1. The molecule has 1 aromatic rings. The molecular formula is C14H17BrN2O2. The van der Waals surface area contributed by atoms with Gasteiger partial charge in [0.15, 0.2) is 0 Å². The third-order valence-corrected chi connectivity index (χ3v) is 3.98. The van der Waals surface area contributed by atoms with Crippen molar-refractivity contribution in [2.45, 2.75) is 20.3 Å². The maximum Gasteiger partial charge on any atom is 0.321 e. The van der Waals surface area contributed by atoms with Crippen LogP contribution in [0.2, 0.25) is 0 Å². The van der Waals surface area contributed by atoms with Crippen LogP contribution in [0.3, 0.4) is 0 Å². The number of hydrogen-bond donors (Lipinski definition) is 1. The van der Waals surface area contributed by atoms with Gasteiger partial charge in [-0.15, -0.1) is 0 Å². The first-order valence-electron chi connectivity index (χ1n) is 6.32. The van der Waals surface area contributed by atoms with Crippen molar-refractivity contribution in [3.63, 3.8) is 0 Å². The van der Waals surface area contributed by atoms with Crippen LogP contribution in [0.15, 0.2) is 22.7 Å². The van der Waals surface area contributed by atoms with E-state index >= 15 is 0 Å². The van der Waals surface area contributed by atoms with E-state index in [4.69, 9.17) is 0 Å². The SMILES string of the molecule is Cc1ccc(NC(=O)N2CCC(=O)[C@@H](C)C2)c(Br)c1. The Bertz CT molecular complexity index is 516. The molecule has 0 radical (unpaired) electrons. The number of halogens is 1. The van der Waals surface area contributed by atoms with Gasteiger partial charge in [0.2, 0.25) is 0 Å². The van der Waals surface area contributed by atoms with E-state index in [1.54, 1.807) is 4.90 Å². The minimum Gasteiger partial charge on any atom is -0.323 e. The number of carbonyl (C=O) groups is 2. The van der Waals surface area contributed by atoms with E-state index in [0.717, 1.165) is 15.7 Å². The number of hydrogen-bond acceptors (Lipinski definition) is 2. The Hall–Kier alpha value is -1.36. The third kappa shape index (κ3) is 3.35. The summed E-state index contributed by atoms with van der Waals surface area (Å²) in [7, 11) is 0. The van der Waals surface area contributed by atoms with Gasteiger partial charge in [0, 0.05) is 29.9 Å². The summed E-state index contributed by atoms with van der Waals surface area (Å²) in [6, 6.07) is 5.63. The van der Waals surface area contributed by atoms with E-state index in [9.17, 15) is 9.59 Å². The summed E-state index contributed by atoms with van der Waals surface area (Å²) in [5.74, 6) is 0.168. The summed E-state index contributed by atoms with van der Waals surface area (Å²) < 4.78 is 0.863. The molecule has 1 aromatic carbocycles. The second-order valence-corrected chi connectivity index (χ2v) is 5.83. The van der Waals surface area contributed by atoms with E-state index in [0.29, 0.717) is 19.5 Å². The van der Waals surface area contributed by atoms with E-state index in [1.165, 1.54) is 0 Å². The van der Waals surface area contributed by atoms with Crippen molar-refractivity contribution in [1.82, 2.24) is 4.90 Å². The Labute approximate surface area is 121 Å². The molecule has 0 spiro atoms. The molecule has 1 N–H and O–H groups in total. The molecule has 0 aromatic heterocycles. The smallest absolute Gasteiger partial charge is 0.321 e. The Morgan fingerprint density at radius 2 is 2.21 bits per heavy atom. The lowest BCUT2D eigenvalue weighted by atomic mass is 9.99. The number of aryl methyl sites for hydroxylation is 1. The zero-order chi connectivity index (χ0) is 14.0. The quantitative estimate of drug-likeness (QED) is 0.862. The molecule has 2 amide bonds. The second-order valence-electron chi connectivity index (χ2n) is 4.98. The molecule has 102 valence electrons. The van der Waals surface area contributed by atoms with E-state index in [1.807, 2.05) is 32.0 Å². The van der Waals surface area contributed by atoms with Crippen molar-refractivity contribution in [2.75, 3.05) is 18.4 Å². The first-order chi connectivity index (χ1) is 8.97. The first-order valence-corrected chi connectivity index (χ1v) is 7.11. The van der Waals surface area contributed by atoms with Crippen molar-refractivity contribution in [3.8, 4) is 0 Å². The Morgan fingerprint density at radius 3 is 2.84 bits per heavy atom. The van der Waals surface area contributed by atoms with Gasteiger partial charge in [0.1, 0.15) is 5.78 Å². The van der Waals surface area contributed by atoms with Crippen molar-refractivity contribution >= 4 is 33.4 Å². The number of anilines is 1. The van der Waals surface area contributed by atoms with Crippen molar-refractivity contribution in [3.05, 3.63) is 28.2 Å². The van der Waals surface area contributed by atoms with Crippen molar-refractivity contribution in [1.29, 1.82) is 0 Å². The fraction of sp³-hybridized carbons (Fsp3) is 0.429. The maximum absolute atomic E-state index is 12.1. The summed E-state index contributed by atoms with van der Waals surface area (Å²) >= 11 is 3.43. The summed E-state index contributed by atoms with van der Waals surface area (Å²) in [5.41, 5.74) is 1.88. The molecule has 4 nitrogen and oxygen atoms in total. The van der Waals surface area contributed by atoms with Crippen LogP contribution in [0, 0.1) is 12.8 Å². The molecule has 0 aliphatic carbocycles. The van der Waals surface area contributed by atoms with E-state index in [-0.39, 0.29) is 17.7 Å². The molecular weight excluding hydrogens is 308 g/mol. The van der Waals surface area contributed by atoms with Crippen LogP contribution in [-0.2, 0) is 4.79 Å². The Kier molecular flexibility index (Phi) is 4.24. The monoisotopic (exact) mass is 324 g/mol. The van der Waals surface area contributed by atoms with Gasteiger partial charge < -0.3 is 10.2 Å². The number of amides is 2. The largest absolute Gasteiger partial charge is 0.323 e. The standard InChI is InChI=1S/C14H17BrN2O2/c1-9-3-4-12(11(15)7-9)16-14(19)17-6-5-13(18)10(2)8-17/h3-4,7,10H,5-6,8H2,1-2H3,(H,16,19)/t10-/m0/s1. The van der Waals surface area contributed by atoms with Crippen molar-refractivity contribution in [2.24, 2.45) is 5.92 Å². The maximum atomic E-state index is 12.1. The topological polar surface area (TPSA) is 49.4 Å². The minimum absolute atomic E-state index is 0.0686. The molecule has 0 saturated carbocycles. The molecule has 2 rings (SSSR count). The highest BCUT2D eigenvalue weighted by Crippen LogP contribution is 2.24. The van der Waals surface area contributed by atoms with Gasteiger partial charge in [-0.25, -0.2) is 4.79 Å². The summed E-state index contributed by atoms with van der Waals surface area (Å²) in [6.45, 7) is 4.85. The zero-order valence-corrected chi connectivity index (χ0v) is 12.7. The molecule has 1 aliphatic rings. The van der Waals surface area contributed by atoms with Crippen molar-refractivity contribution < 1.29 is 9.59 Å². The normalized spacial score (nSPS) is 19.4. The number of carbonyl (C=O) groups excluding carboxylic acids is 2. The zero-order valence-electron chi connectivity index (χ0n) is 11.1. The minimum atomic E-state index is -0.149. The highest BCUT2D eigenvalue weighted by Gasteiger charge is 2.26. The number of Topliss-reactive ketones (excluding diaryl/α,β-unsaturated/α-hetero) is 1. The highest BCUT2D eigenvalue weighted by molar-refractivity contribution is 9.10. The van der Waals surface area contributed by atoms with Gasteiger partial charge in [-0.2, -0.15) is 0 Å². The molecule has 1 heterocycles. The lowest BCUT2D eigenvalue weighted by Crippen LogP contribution is -2.45. The van der Waals surface area contributed by atoms with Gasteiger partial charge in [-0.3, -0.25) is 4.79 Å². The lowest BCUT2D eigenvalue weighted by Gasteiger charge is -2.30. The van der Waals surface area contributed by atoms with Gasteiger partial charge >= 0.3 is 6.03 Å². The first kappa shape index (κ1) is 14.1. The molecule has 5 heteroatoms. The average Bonchev–Trinajstić information content (AvgIpc) is 2.36. The van der Waals surface area contributed by atoms with Crippen LogP contribution < -0.4 is 5.32 Å². The molecule has 19 heavy (non-hydrogen) atoms. The third-order valence-electron chi connectivity index (χ3n) is 3.33. The molecule has 0 bridgehead atoms. The number of ketones is 1. The Morgan fingerprint density at radius 1 is 1.47 bits per heavy atom. The Balaban J connectivity index is 2.03. The number of nitrogens with one attached hydrogen (secondary N) is 1. The van der Waals surface area contributed by atoms with Gasteiger partial charge in [0.25, 0.3) is 0 Å². The summed E-state index contributed by atoms with van der Waals surface area (Å²) in [5, 5.41) is 2.87. The molecule has 0 unspecified atom stereocenters. The molecule has 1 saturated heterocycles. The summed E-state index contributed by atoms with van der Waals surface area (Å²) in [6.07, 6.45) is 0.448. The van der Waals surface area contributed by atoms with Crippen LogP contribution in [-0.4, -0.2) is 29.8 Å². The fourth-order valence-electron chi connectivity index (χ4n) is 2.12. The highest BCUT2D eigenvalue weighted by atomic mass is 79.9. The van der Waals surface area contributed by atoms with Gasteiger partial charge in [-0.05, 0) is 40.5 Å². The molecule has 1 atom stereocenters. The summed E-state index contributed by atoms with van der Waals surface area (Å²) in [4.78, 5) is 25.3. The van der Waals surface area contributed by atoms with Crippen LogP contribution in [0.5, 0.6) is 0 Å². The molecule has 1 aliphatic heterocycles. The number of benzene rings is 1. The van der Waals surface area contributed by atoms with Gasteiger partial charge in [-0.1, -0.05) is 13.0 Å². The predicted molar refractivity (Wildman–Crippen MR) is 78.3 cm³/mol. The van der Waals surface area contributed by atoms with Crippen LogP contribution in [0.25, 0.3) is 0 Å². The van der Waals surface area contributed by atoms with E-state index in [2.05, 4.69) is 21.2 Å². The van der Waals surface area contributed by atoms with Crippen LogP contribution in [0.4, 0.5) is 10.5 Å². The number of urea groups is 1. The number of rotatable bonds is 1. The predicted octanol–water partition coefficient (Wildman–Crippen LogP) is 3.20. The van der Waals surface area contributed by atoms with Crippen LogP contribution >= 0.6 is 15.9 Å². The lowest BCUT2D eigenvalue weighted by molar-refractivity contribution is -0.124. The number of piperidine rings is 1. The van der Waals surface area contributed by atoms with Gasteiger partial charge in [0.05, 0.1) is 5.69 Å². The van der Waals surface area contributed by atoms with E-state index < -0.39 is 0 Å². The second kappa shape index (κ2) is 5.74.